The van der Waals surface area contributed by atoms with E-state index in [1.807, 2.05) is 23.6 Å². The molecule has 0 amide bonds. The maximum absolute atomic E-state index is 4.83. The van der Waals surface area contributed by atoms with Crippen molar-refractivity contribution in [1.82, 2.24) is 19.9 Å². The minimum absolute atomic E-state index is 0.556. The summed E-state index contributed by atoms with van der Waals surface area (Å²) in [5.41, 5.74) is 3.34. The Kier molecular flexibility index (Phi) is 3.98. The molecule has 1 saturated carbocycles. The topological polar surface area (TPSA) is 41.9 Å². The van der Waals surface area contributed by atoms with E-state index in [-0.39, 0.29) is 0 Å². The van der Waals surface area contributed by atoms with Gasteiger partial charge in [0.25, 0.3) is 0 Å². The molecule has 3 aromatic rings. The Labute approximate surface area is 152 Å². The van der Waals surface area contributed by atoms with E-state index in [1.54, 1.807) is 0 Å². The van der Waals surface area contributed by atoms with Crippen LogP contribution in [0.5, 0.6) is 0 Å². The molecule has 0 aromatic carbocycles. The van der Waals surface area contributed by atoms with E-state index in [2.05, 4.69) is 33.5 Å². The van der Waals surface area contributed by atoms with Crippen LogP contribution in [0.4, 0.5) is 0 Å². The molecule has 0 unspecified atom stereocenters. The van der Waals surface area contributed by atoms with Crippen molar-refractivity contribution in [2.45, 2.75) is 44.1 Å². The number of thiazole rings is 1. The lowest BCUT2D eigenvalue weighted by Gasteiger charge is -2.31. The van der Waals surface area contributed by atoms with Crippen LogP contribution in [-0.4, -0.2) is 32.9 Å². The molecular formula is C20H22N4S. The summed E-state index contributed by atoms with van der Waals surface area (Å²) in [5.74, 6) is 1.33. The largest absolute Gasteiger partial charge is 0.297 e. The van der Waals surface area contributed by atoms with Gasteiger partial charge in [0, 0.05) is 41.0 Å². The van der Waals surface area contributed by atoms with E-state index in [1.165, 1.54) is 42.1 Å². The van der Waals surface area contributed by atoms with Gasteiger partial charge >= 0.3 is 0 Å². The molecule has 1 aliphatic carbocycles. The number of hydrogen-bond donors (Lipinski definition) is 0. The van der Waals surface area contributed by atoms with E-state index >= 15 is 0 Å². The number of fused-ring (bicyclic) bond motifs is 1. The first kappa shape index (κ1) is 15.4. The third kappa shape index (κ3) is 3.31. The van der Waals surface area contributed by atoms with Gasteiger partial charge in [-0.2, -0.15) is 0 Å². The molecule has 25 heavy (non-hydrogen) atoms. The van der Waals surface area contributed by atoms with Crippen molar-refractivity contribution in [3.63, 3.8) is 0 Å². The number of rotatable bonds is 4. The van der Waals surface area contributed by atoms with Crippen molar-refractivity contribution in [2.24, 2.45) is 0 Å². The highest BCUT2D eigenvalue weighted by Crippen LogP contribution is 2.41. The number of piperidine rings is 1. The highest BCUT2D eigenvalue weighted by atomic mass is 32.1. The molecule has 0 spiro atoms. The molecule has 1 saturated heterocycles. The molecule has 0 N–H and O–H groups in total. The van der Waals surface area contributed by atoms with Crippen LogP contribution in [0.25, 0.3) is 11.0 Å². The third-order valence-corrected chi connectivity index (χ3v) is 6.43. The Bertz CT molecular complexity index is 878. The number of likely N-dealkylation sites (tertiary alicyclic amines) is 1. The first-order valence-electron chi connectivity index (χ1n) is 9.23. The average molecular weight is 350 g/mol. The van der Waals surface area contributed by atoms with Gasteiger partial charge in [0.2, 0.25) is 0 Å². The predicted octanol–water partition coefficient (Wildman–Crippen LogP) is 4.34. The van der Waals surface area contributed by atoms with Gasteiger partial charge in [-0.15, -0.1) is 11.3 Å². The molecule has 5 rings (SSSR count). The maximum atomic E-state index is 4.83. The Morgan fingerprint density at radius 2 is 1.88 bits per heavy atom. The highest BCUT2D eigenvalue weighted by molar-refractivity contribution is 7.09. The van der Waals surface area contributed by atoms with Crippen molar-refractivity contribution >= 4 is 22.4 Å². The monoisotopic (exact) mass is 350 g/mol. The highest BCUT2D eigenvalue weighted by Gasteiger charge is 2.27. The molecule has 4 nitrogen and oxygen atoms in total. The number of pyridine rings is 2. The van der Waals surface area contributed by atoms with Gasteiger partial charge in [0.1, 0.15) is 0 Å². The average Bonchev–Trinajstić information content (AvgIpc) is 3.42. The Hall–Kier alpha value is -1.85. The SMILES string of the molecule is c1cnc2nc(C3CCN(Cc4csc(C5CC5)n4)CC3)ccc2c1. The summed E-state index contributed by atoms with van der Waals surface area (Å²) in [6.45, 7) is 3.26. The first-order chi connectivity index (χ1) is 12.3. The van der Waals surface area contributed by atoms with Gasteiger partial charge < -0.3 is 0 Å². The predicted molar refractivity (Wildman–Crippen MR) is 101 cm³/mol. The third-order valence-electron chi connectivity index (χ3n) is 5.37. The summed E-state index contributed by atoms with van der Waals surface area (Å²) in [5, 5.41) is 4.74. The molecule has 128 valence electrons. The minimum atomic E-state index is 0.556. The summed E-state index contributed by atoms with van der Waals surface area (Å²) in [6, 6.07) is 8.39. The first-order valence-corrected chi connectivity index (χ1v) is 10.1. The standard InChI is InChI=1S/C20H22N4S/c1-2-15-5-6-18(23-19(15)21-9-1)14-7-10-24(11-8-14)12-17-13-25-20(22-17)16-3-4-16/h1-2,5-6,9,13-14,16H,3-4,7-8,10-12H2. The minimum Gasteiger partial charge on any atom is -0.297 e. The maximum Gasteiger partial charge on any atom is 0.159 e. The van der Waals surface area contributed by atoms with Crippen LogP contribution >= 0.6 is 11.3 Å². The van der Waals surface area contributed by atoms with Crippen LogP contribution < -0.4 is 0 Å². The summed E-state index contributed by atoms with van der Waals surface area (Å²) in [6.07, 6.45) is 6.85. The van der Waals surface area contributed by atoms with Gasteiger partial charge in [-0.3, -0.25) is 4.90 Å². The Balaban J connectivity index is 1.22. The second-order valence-corrected chi connectivity index (χ2v) is 8.18. The van der Waals surface area contributed by atoms with Crippen LogP contribution in [0.3, 0.4) is 0 Å². The molecule has 2 aliphatic rings. The molecule has 0 bridgehead atoms. The zero-order chi connectivity index (χ0) is 16.6. The van der Waals surface area contributed by atoms with E-state index in [4.69, 9.17) is 9.97 Å². The summed E-state index contributed by atoms with van der Waals surface area (Å²) in [7, 11) is 0. The van der Waals surface area contributed by atoms with Crippen LogP contribution in [0, 0.1) is 0 Å². The van der Waals surface area contributed by atoms with Gasteiger partial charge in [0.05, 0.1) is 10.7 Å². The molecule has 2 fully saturated rings. The van der Waals surface area contributed by atoms with Gasteiger partial charge in [-0.05, 0) is 63.0 Å². The molecule has 1 aliphatic heterocycles. The van der Waals surface area contributed by atoms with Crippen molar-refractivity contribution in [1.29, 1.82) is 0 Å². The fourth-order valence-electron chi connectivity index (χ4n) is 3.72. The van der Waals surface area contributed by atoms with E-state index in [0.29, 0.717) is 5.92 Å². The van der Waals surface area contributed by atoms with Gasteiger partial charge in [-0.25, -0.2) is 15.0 Å². The summed E-state index contributed by atoms with van der Waals surface area (Å²) < 4.78 is 0. The lowest BCUT2D eigenvalue weighted by Crippen LogP contribution is -2.32. The molecule has 0 atom stereocenters. The Morgan fingerprint density at radius 3 is 2.72 bits per heavy atom. The molecular weight excluding hydrogens is 328 g/mol. The molecule has 3 aromatic heterocycles. The van der Waals surface area contributed by atoms with E-state index in [9.17, 15) is 0 Å². The second-order valence-electron chi connectivity index (χ2n) is 7.29. The fourth-order valence-corrected chi connectivity index (χ4v) is 4.71. The van der Waals surface area contributed by atoms with E-state index < -0.39 is 0 Å². The molecule has 4 heterocycles. The van der Waals surface area contributed by atoms with E-state index in [0.717, 1.165) is 36.6 Å². The van der Waals surface area contributed by atoms with Crippen LogP contribution in [-0.2, 0) is 6.54 Å². The van der Waals surface area contributed by atoms with Gasteiger partial charge in [-0.1, -0.05) is 0 Å². The van der Waals surface area contributed by atoms with Gasteiger partial charge in [0.15, 0.2) is 5.65 Å². The van der Waals surface area contributed by atoms with Crippen molar-refractivity contribution in [3.05, 3.63) is 52.2 Å². The number of aromatic nitrogens is 3. The van der Waals surface area contributed by atoms with Crippen LogP contribution in [0.15, 0.2) is 35.8 Å². The fraction of sp³-hybridized carbons (Fsp3) is 0.450. The quantitative estimate of drug-likeness (QED) is 0.702. The number of nitrogens with zero attached hydrogens (tertiary/aromatic N) is 4. The normalized spacial score (nSPS) is 19.5. The van der Waals surface area contributed by atoms with Crippen molar-refractivity contribution in [2.75, 3.05) is 13.1 Å². The van der Waals surface area contributed by atoms with Crippen molar-refractivity contribution < 1.29 is 0 Å². The zero-order valence-electron chi connectivity index (χ0n) is 14.3. The molecule has 5 heteroatoms. The summed E-state index contributed by atoms with van der Waals surface area (Å²) >= 11 is 1.85. The van der Waals surface area contributed by atoms with Crippen molar-refractivity contribution in [3.8, 4) is 0 Å². The lowest BCUT2D eigenvalue weighted by molar-refractivity contribution is 0.201. The zero-order valence-corrected chi connectivity index (χ0v) is 15.1. The van der Waals surface area contributed by atoms with Crippen LogP contribution in [0.1, 0.15) is 53.9 Å². The Morgan fingerprint density at radius 1 is 1.00 bits per heavy atom. The lowest BCUT2D eigenvalue weighted by atomic mass is 9.93. The smallest absolute Gasteiger partial charge is 0.159 e. The second kappa shape index (κ2) is 6.46. The molecule has 0 radical (unpaired) electrons. The summed E-state index contributed by atoms with van der Waals surface area (Å²) in [4.78, 5) is 16.6. The number of hydrogen-bond acceptors (Lipinski definition) is 5. The van der Waals surface area contributed by atoms with Crippen LogP contribution in [0.2, 0.25) is 0 Å².